The lowest BCUT2D eigenvalue weighted by Crippen LogP contribution is -2.46. The van der Waals surface area contributed by atoms with Gasteiger partial charge in [0.1, 0.15) is 11.9 Å². The summed E-state index contributed by atoms with van der Waals surface area (Å²) in [4.78, 5) is 12.2. The molecule has 3 rings (SSSR count). The topological polar surface area (TPSA) is 85.2 Å². The second kappa shape index (κ2) is 5.93. The highest BCUT2D eigenvalue weighted by atomic mass is 19.1. The van der Waals surface area contributed by atoms with E-state index in [1.807, 2.05) is 6.07 Å². The van der Waals surface area contributed by atoms with Crippen LogP contribution in [0.4, 0.5) is 14.9 Å². The van der Waals surface area contributed by atoms with E-state index in [0.29, 0.717) is 11.8 Å². The van der Waals surface area contributed by atoms with Crippen molar-refractivity contribution in [2.24, 2.45) is 17.8 Å². The quantitative estimate of drug-likeness (QED) is 0.800. The predicted molar refractivity (Wildman–Crippen MR) is 78.5 cm³/mol. The van der Waals surface area contributed by atoms with Gasteiger partial charge in [-0.2, -0.15) is 5.26 Å². The van der Waals surface area contributed by atoms with Crippen LogP contribution in [0.1, 0.15) is 24.8 Å². The molecule has 0 aromatic heterocycles. The Labute approximate surface area is 128 Å². The Balaban J connectivity index is 1.67. The second-order valence-corrected chi connectivity index (χ2v) is 6.11. The number of nitrogens with one attached hydrogen (secondary N) is 2. The zero-order chi connectivity index (χ0) is 15.7. The van der Waals surface area contributed by atoms with E-state index in [4.69, 9.17) is 5.26 Å². The molecule has 1 aromatic carbocycles. The van der Waals surface area contributed by atoms with Crippen molar-refractivity contribution in [1.29, 1.82) is 5.26 Å². The predicted octanol–water partition coefficient (Wildman–Crippen LogP) is 2.23. The lowest BCUT2D eigenvalue weighted by atomic mass is 9.85. The number of benzene rings is 1. The van der Waals surface area contributed by atoms with Crippen LogP contribution in [-0.4, -0.2) is 23.8 Å². The molecule has 2 aliphatic rings. The molecule has 2 bridgehead atoms. The largest absolute Gasteiger partial charge is 0.396 e. The van der Waals surface area contributed by atoms with Gasteiger partial charge in [0.2, 0.25) is 0 Å². The van der Waals surface area contributed by atoms with Gasteiger partial charge in [0.15, 0.2) is 0 Å². The van der Waals surface area contributed by atoms with E-state index in [2.05, 4.69) is 10.6 Å². The van der Waals surface area contributed by atoms with Crippen LogP contribution in [0.25, 0.3) is 0 Å². The van der Waals surface area contributed by atoms with Gasteiger partial charge in [-0.3, -0.25) is 0 Å². The van der Waals surface area contributed by atoms with Crippen LogP contribution in [0, 0.1) is 34.9 Å². The van der Waals surface area contributed by atoms with Gasteiger partial charge in [-0.15, -0.1) is 0 Å². The third-order valence-electron chi connectivity index (χ3n) is 4.95. The van der Waals surface area contributed by atoms with Crippen LogP contribution in [0.2, 0.25) is 0 Å². The number of amides is 2. The normalized spacial score (nSPS) is 29.1. The third-order valence-corrected chi connectivity index (χ3v) is 4.95. The number of urea groups is 1. The minimum absolute atomic E-state index is 0.0327. The molecule has 0 saturated heterocycles. The number of hydrogen-bond donors (Lipinski definition) is 3. The van der Waals surface area contributed by atoms with E-state index >= 15 is 0 Å². The number of nitrogens with zero attached hydrogens (tertiary/aromatic N) is 1. The summed E-state index contributed by atoms with van der Waals surface area (Å²) in [5.74, 6) is 0.487. The number of rotatable bonds is 3. The van der Waals surface area contributed by atoms with Crippen LogP contribution in [0.15, 0.2) is 18.2 Å². The second-order valence-electron chi connectivity index (χ2n) is 6.11. The number of aliphatic hydroxyl groups is 1. The number of hydrogen-bond acceptors (Lipinski definition) is 3. The zero-order valence-corrected chi connectivity index (χ0v) is 12.1. The molecule has 0 spiro atoms. The molecule has 1 aromatic rings. The smallest absolute Gasteiger partial charge is 0.319 e. The summed E-state index contributed by atoms with van der Waals surface area (Å²) in [6, 6.07) is 5.07. The van der Waals surface area contributed by atoms with Gasteiger partial charge in [-0.05, 0) is 49.3 Å². The Morgan fingerprint density at radius 3 is 2.91 bits per heavy atom. The van der Waals surface area contributed by atoms with Crippen LogP contribution < -0.4 is 10.6 Å². The molecule has 2 fully saturated rings. The van der Waals surface area contributed by atoms with Crippen molar-refractivity contribution in [2.75, 3.05) is 11.9 Å². The van der Waals surface area contributed by atoms with Gasteiger partial charge in [0, 0.05) is 18.6 Å². The average Bonchev–Trinajstić information content (AvgIpc) is 3.10. The fourth-order valence-electron chi connectivity index (χ4n) is 3.93. The number of aliphatic hydroxyl groups excluding tert-OH is 1. The summed E-state index contributed by atoms with van der Waals surface area (Å²) < 4.78 is 13.1. The molecule has 0 aliphatic heterocycles. The molecule has 0 unspecified atom stereocenters. The summed E-state index contributed by atoms with van der Waals surface area (Å²) in [5.41, 5.74) is 0.368. The van der Waals surface area contributed by atoms with Crippen molar-refractivity contribution >= 4 is 11.7 Å². The molecule has 116 valence electrons. The molecule has 5 nitrogen and oxygen atoms in total. The molecule has 4 atom stereocenters. The summed E-state index contributed by atoms with van der Waals surface area (Å²) >= 11 is 0. The Bertz CT molecular complexity index is 628. The molecule has 6 heteroatoms. The van der Waals surface area contributed by atoms with E-state index in [9.17, 15) is 14.3 Å². The highest BCUT2D eigenvalue weighted by Crippen LogP contribution is 2.48. The lowest BCUT2D eigenvalue weighted by Gasteiger charge is -2.30. The SMILES string of the molecule is N#Cc1cc(F)ccc1NC(=O)N[C@H]1[C@H]2CC[C@@H](C2)[C@@H]1CO. The first-order chi connectivity index (χ1) is 10.6. The fourth-order valence-corrected chi connectivity index (χ4v) is 3.93. The van der Waals surface area contributed by atoms with Crippen LogP contribution in [0.5, 0.6) is 0 Å². The first-order valence-corrected chi connectivity index (χ1v) is 7.50. The summed E-state index contributed by atoms with van der Waals surface area (Å²) in [6.07, 6.45) is 3.24. The molecule has 2 aliphatic carbocycles. The highest BCUT2D eigenvalue weighted by Gasteiger charge is 2.47. The number of carbonyl (C=O) groups excluding carboxylic acids is 1. The van der Waals surface area contributed by atoms with Crippen molar-refractivity contribution in [1.82, 2.24) is 5.32 Å². The van der Waals surface area contributed by atoms with E-state index in [1.54, 1.807) is 0 Å². The highest BCUT2D eigenvalue weighted by molar-refractivity contribution is 5.91. The van der Waals surface area contributed by atoms with E-state index in [0.717, 1.165) is 25.3 Å². The fraction of sp³-hybridized carbons (Fsp3) is 0.500. The maximum absolute atomic E-state index is 13.1. The van der Waals surface area contributed by atoms with Crippen LogP contribution in [0.3, 0.4) is 0 Å². The summed E-state index contributed by atoms with van der Waals surface area (Å²) in [6.45, 7) is 0.0755. The Morgan fingerprint density at radius 1 is 1.41 bits per heavy atom. The molecule has 2 amide bonds. The van der Waals surface area contributed by atoms with E-state index in [-0.39, 0.29) is 29.8 Å². The van der Waals surface area contributed by atoms with Crippen molar-refractivity contribution in [3.05, 3.63) is 29.6 Å². The Hall–Kier alpha value is -2.13. The number of fused-ring (bicyclic) bond motifs is 2. The maximum Gasteiger partial charge on any atom is 0.319 e. The molecular weight excluding hydrogens is 285 g/mol. The van der Waals surface area contributed by atoms with Crippen LogP contribution >= 0.6 is 0 Å². The van der Waals surface area contributed by atoms with Gasteiger partial charge < -0.3 is 15.7 Å². The average molecular weight is 303 g/mol. The number of anilines is 1. The Morgan fingerprint density at radius 2 is 2.18 bits per heavy atom. The number of carbonyl (C=O) groups is 1. The van der Waals surface area contributed by atoms with Crippen molar-refractivity contribution in [3.8, 4) is 6.07 Å². The molecule has 2 saturated carbocycles. The first-order valence-electron chi connectivity index (χ1n) is 7.50. The number of nitriles is 1. The van der Waals surface area contributed by atoms with Gasteiger partial charge >= 0.3 is 6.03 Å². The summed E-state index contributed by atoms with van der Waals surface area (Å²) in [7, 11) is 0. The van der Waals surface area contributed by atoms with E-state index in [1.165, 1.54) is 12.1 Å². The minimum Gasteiger partial charge on any atom is -0.396 e. The van der Waals surface area contributed by atoms with Crippen LogP contribution in [-0.2, 0) is 0 Å². The molecule has 3 N–H and O–H groups in total. The van der Waals surface area contributed by atoms with Gasteiger partial charge in [0.05, 0.1) is 11.3 Å². The molecular formula is C16H18FN3O2. The van der Waals surface area contributed by atoms with E-state index < -0.39 is 11.8 Å². The zero-order valence-electron chi connectivity index (χ0n) is 12.1. The van der Waals surface area contributed by atoms with Gasteiger partial charge in [-0.1, -0.05) is 0 Å². The standard InChI is InChI=1S/C16H18FN3O2/c17-12-3-4-14(11(6-12)7-18)19-16(22)20-15-10-2-1-9(5-10)13(15)8-21/h3-4,6,9-10,13,15,21H,1-2,5,8H2,(H2,19,20,22)/t9-,10-,13-,15-/m0/s1. The minimum atomic E-state index is -0.518. The lowest BCUT2D eigenvalue weighted by molar-refractivity contribution is 0.146. The summed E-state index contributed by atoms with van der Waals surface area (Å²) in [5, 5.41) is 24.0. The van der Waals surface area contributed by atoms with Gasteiger partial charge in [-0.25, -0.2) is 9.18 Å². The van der Waals surface area contributed by atoms with Crippen molar-refractivity contribution in [2.45, 2.75) is 25.3 Å². The van der Waals surface area contributed by atoms with Gasteiger partial charge in [0.25, 0.3) is 0 Å². The van der Waals surface area contributed by atoms with Crippen molar-refractivity contribution < 1.29 is 14.3 Å². The number of halogens is 1. The molecule has 0 heterocycles. The monoisotopic (exact) mass is 303 g/mol. The Kier molecular flexibility index (Phi) is 3.99. The van der Waals surface area contributed by atoms with Crippen molar-refractivity contribution in [3.63, 3.8) is 0 Å². The molecule has 0 radical (unpaired) electrons. The first kappa shape index (κ1) is 14.8. The third kappa shape index (κ3) is 2.64. The maximum atomic E-state index is 13.1. The molecule has 22 heavy (non-hydrogen) atoms.